The number of nitrogen functional groups attached to an aromatic ring is 1. The maximum absolute atomic E-state index is 10.5. The second-order valence-electron chi connectivity index (χ2n) is 3.19. The van der Waals surface area contributed by atoms with Gasteiger partial charge in [-0.15, -0.1) is 0 Å². The van der Waals surface area contributed by atoms with E-state index in [0.717, 1.165) is 0 Å². The molecule has 0 aliphatic rings. The van der Waals surface area contributed by atoms with Crippen molar-refractivity contribution in [1.82, 2.24) is 0 Å². The lowest BCUT2D eigenvalue weighted by Crippen LogP contribution is -2.04. The van der Waals surface area contributed by atoms with Crippen LogP contribution < -0.4 is 5.73 Å². The van der Waals surface area contributed by atoms with Crippen molar-refractivity contribution in [2.24, 2.45) is 0 Å². The summed E-state index contributed by atoms with van der Waals surface area (Å²) in [6.45, 7) is 1.16. The van der Waals surface area contributed by atoms with Gasteiger partial charge in [0.15, 0.2) is 0 Å². The summed E-state index contributed by atoms with van der Waals surface area (Å²) in [5.74, 6) is 0. The summed E-state index contributed by atoms with van der Waals surface area (Å²) in [5, 5.41) is 10.5. The van der Waals surface area contributed by atoms with E-state index in [9.17, 15) is 10.1 Å². The van der Waals surface area contributed by atoms with E-state index in [4.69, 9.17) is 15.2 Å². The second-order valence-corrected chi connectivity index (χ2v) is 3.19. The Morgan fingerprint density at radius 3 is 2.81 bits per heavy atom. The Balaban J connectivity index is 2.63. The molecule has 0 aromatic heterocycles. The summed E-state index contributed by atoms with van der Waals surface area (Å²) >= 11 is 0. The maximum Gasteiger partial charge on any atom is 0.269 e. The standard InChI is InChI=1S/C10H14N2O4/c1-15-4-5-16-7-8-6-9(12(13)14)2-3-10(8)11/h2-3,6H,4-5,7,11H2,1H3. The van der Waals surface area contributed by atoms with E-state index in [1.54, 1.807) is 7.11 Å². The fraction of sp³-hybridized carbons (Fsp3) is 0.400. The van der Waals surface area contributed by atoms with Crippen molar-refractivity contribution in [3.8, 4) is 0 Å². The predicted octanol–water partition coefficient (Wildman–Crippen LogP) is 1.34. The monoisotopic (exact) mass is 226 g/mol. The molecule has 0 atom stereocenters. The van der Waals surface area contributed by atoms with Gasteiger partial charge in [-0.1, -0.05) is 0 Å². The zero-order chi connectivity index (χ0) is 12.0. The number of anilines is 1. The van der Waals surface area contributed by atoms with Crippen LogP contribution in [0.1, 0.15) is 5.56 Å². The van der Waals surface area contributed by atoms with Crippen LogP contribution in [0.4, 0.5) is 11.4 Å². The molecule has 6 nitrogen and oxygen atoms in total. The first-order chi connectivity index (χ1) is 7.65. The summed E-state index contributed by atoms with van der Waals surface area (Å²) in [5.41, 5.74) is 6.79. The van der Waals surface area contributed by atoms with Crippen molar-refractivity contribution in [2.75, 3.05) is 26.1 Å². The Morgan fingerprint density at radius 1 is 1.44 bits per heavy atom. The molecule has 88 valence electrons. The van der Waals surface area contributed by atoms with Gasteiger partial charge < -0.3 is 15.2 Å². The molecule has 0 aliphatic carbocycles. The number of ether oxygens (including phenoxy) is 2. The van der Waals surface area contributed by atoms with E-state index in [1.807, 2.05) is 0 Å². The van der Waals surface area contributed by atoms with Crippen LogP contribution in [0.5, 0.6) is 0 Å². The fourth-order valence-electron chi connectivity index (χ4n) is 1.16. The lowest BCUT2D eigenvalue weighted by atomic mass is 10.2. The number of rotatable bonds is 6. The number of benzene rings is 1. The first kappa shape index (κ1) is 12.4. The normalized spacial score (nSPS) is 10.3. The lowest BCUT2D eigenvalue weighted by Gasteiger charge is -2.06. The molecular weight excluding hydrogens is 212 g/mol. The van der Waals surface area contributed by atoms with E-state index in [0.29, 0.717) is 24.5 Å². The summed E-state index contributed by atoms with van der Waals surface area (Å²) < 4.78 is 10.1. The summed E-state index contributed by atoms with van der Waals surface area (Å²) in [6, 6.07) is 4.29. The van der Waals surface area contributed by atoms with Gasteiger partial charge in [0.05, 0.1) is 24.7 Å². The molecule has 0 aliphatic heterocycles. The van der Waals surface area contributed by atoms with Gasteiger partial charge in [0.25, 0.3) is 5.69 Å². The highest BCUT2D eigenvalue weighted by Gasteiger charge is 2.08. The molecule has 1 aromatic carbocycles. The van der Waals surface area contributed by atoms with Crippen LogP contribution in [0.15, 0.2) is 18.2 Å². The van der Waals surface area contributed by atoms with Gasteiger partial charge in [-0.25, -0.2) is 0 Å². The molecule has 0 fully saturated rings. The first-order valence-electron chi connectivity index (χ1n) is 4.74. The first-order valence-corrected chi connectivity index (χ1v) is 4.74. The predicted molar refractivity (Wildman–Crippen MR) is 59.0 cm³/mol. The Bertz CT molecular complexity index is 368. The summed E-state index contributed by atoms with van der Waals surface area (Å²) in [6.07, 6.45) is 0. The van der Waals surface area contributed by atoms with Crippen molar-refractivity contribution in [1.29, 1.82) is 0 Å². The Labute approximate surface area is 93.1 Å². The van der Waals surface area contributed by atoms with Crippen molar-refractivity contribution < 1.29 is 14.4 Å². The van der Waals surface area contributed by atoms with Gasteiger partial charge in [-0.3, -0.25) is 10.1 Å². The molecular formula is C10H14N2O4. The van der Waals surface area contributed by atoms with Gasteiger partial charge in [0, 0.05) is 30.5 Å². The molecule has 6 heteroatoms. The maximum atomic E-state index is 10.5. The number of methoxy groups -OCH3 is 1. The van der Waals surface area contributed by atoms with E-state index in [1.165, 1.54) is 18.2 Å². The minimum Gasteiger partial charge on any atom is -0.398 e. The number of hydrogen-bond acceptors (Lipinski definition) is 5. The highest BCUT2D eigenvalue weighted by molar-refractivity contribution is 5.52. The van der Waals surface area contributed by atoms with Gasteiger partial charge in [0.1, 0.15) is 0 Å². The van der Waals surface area contributed by atoms with Crippen LogP contribution in [0.2, 0.25) is 0 Å². The molecule has 0 spiro atoms. The molecule has 0 saturated heterocycles. The van der Waals surface area contributed by atoms with E-state index in [2.05, 4.69) is 0 Å². The zero-order valence-corrected chi connectivity index (χ0v) is 9.01. The topological polar surface area (TPSA) is 87.6 Å². The lowest BCUT2D eigenvalue weighted by molar-refractivity contribution is -0.384. The average Bonchev–Trinajstić information content (AvgIpc) is 2.26. The number of non-ortho nitro benzene ring substituents is 1. The SMILES string of the molecule is COCCOCc1cc([N+](=O)[O-])ccc1N. The minimum atomic E-state index is -0.460. The quantitative estimate of drug-likeness (QED) is 0.342. The third-order valence-electron chi connectivity index (χ3n) is 2.03. The van der Waals surface area contributed by atoms with E-state index >= 15 is 0 Å². The zero-order valence-electron chi connectivity index (χ0n) is 9.01. The van der Waals surface area contributed by atoms with Gasteiger partial charge >= 0.3 is 0 Å². The average molecular weight is 226 g/mol. The van der Waals surface area contributed by atoms with E-state index in [-0.39, 0.29) is 12.3 Å². The van der Waals surface area contributed by atoms with Crippen molar-refractivity contribution in [3.63, 3.8) is 0 Å². The van der Waals surface area contributed by atoms with Crippen LogP contribution in [0.3, 0.4) is 0 Å². The Hall–Kier alpha value is -1.66. The molecule has 0 amide bonds. The van der Waals surface area contributed by atoms with Crippen LogP contribution in [-0.4, -0.2) is 25.2 Å². The molecule has 1 rings (SSSR count). The van der Waals surface area contributed by atoms with Crippen LogP contribution in [0, 0.1) is 10.1 Å². The molecule has 16 heavy (non-hydrogen) atoms. The second kappa shape index (κ2) is 6.04. The third-order valence-corrected chi connectivity index (χ3v) is 2.03. The smallest absolute Gasteiger partial charge is 0.269 e. The largest absolute Gasteiger partial charge is 0.398 e. The van der Waals surface area contributed by atoms with Crippen LogP contribution >= 0.6 is 0 Å². The highest BCUT2D eigenvalue weighted by Crippen LogP contribution is 2.20. The van der Waals surface area contributed by atoms with Crippen molar-refractivity contribution in [2.45, 2.75) is 6.61 Å². The molecule has 0 bridgehead atoms. The number of hydrogen-bond donors (Lipinski definition) is 1. The van der Waals surface area contributed by atoms with Crippen molar-refractivity contribution in [3.05, 3.63) is 33.9 Å². The Morgan fingerprint density at radius 2 is 2.19 bits per heavy atom. The number of nitrogens with zero attached hydrogens (tertiary/aromatic N) is 1. The van der Waals surface area contributed by atoms with Gasteiger partial charge in [-0.2, -0.15) is 0 Å². The molecule has 0 unspecified atom stereocenters. The summed E-state index contributed by atoms with van der Waals surface area (Å²) in [7, 11) is 1.57. The number of nitrogens with two attached hydrogens (primary N) is 1. The Kier molecular flexibility index (Phi) is 4.68. The van der Waals surface area contributed by atoms with Crippen molar-refractivity contribution >= 4 is 11.4 Å². The van der Waals surface area contributed by atoms with Gasteiger partial charge in [0.2, 0.25) is 0 Å². The van der Waals surface area contributed by atoms with E-state index < -0.39 is 4.92 Å². The highest BCUT2D eigenvalue weighted by atomic mass is 16.6. The van der Waals surface area contributed by atoms with Crippen LogP contribution in [-0.2, 0) is 16.1 Å². The molecule has 0 radical (unpaired) electrons. The minimum absolute atomic E-state index is 0.0135. The third kappa shape index (κ3) is 3.48. The van der Waals surface area contributed by atoms with Crippen LogP contribution in [0.25, 0.3) is 0 Å². The molecule has 1 aromatic rings. The van der Waals surface area contributed by atoms with Gasteiger partial charge in [-0.05, 0) is 6.07 Å². The molecule has 0 heterocycles. The molecule has 0 saturated carbocycles. The molecule has 2 N–H and O–H groups in total. The number of nitro benzene ring substituents is 1. The number of nitro groups is 1. The fourth-order valence-corrected chi connectivity index (χ4v) is 1.16. The summed E-state index contributed by atoms with van der Waals surface area (Å²) in [4.78, 5) is 10.1.